The molecule has 0 spiro atoms. The molecule has 0 amide bonds. The van der Waals surface area contributed by atoms with Crippen molar-refractivity contribution in [2.24, 2.45) is 0 Å². The molecule has 0 fully saturated rings. The number of fused-ring (bicyclic) bond motifs is 1. The molecule has 3 nitrogen and oxygen atoms in total. The minimum absolute atomic E-state index is 0.393. The molecule has 0 aliphatic rings. The first-order valence-corrected chi connectivity index (χ1v) is 5.92. The van der Waals surface area contributed by atoms with Gasteiger partial charge in [-0.15, -0.1) is 11.6 Å². The first kappa shape index (κ1) is 12.0. The molecule has 0 saturated heterocycles. The Bertz CT molecular complexity index is 560. The standard InChI is InChI=1S/C13H15ClN2O/c1-9(2)8-16-12-5-4-10(17-3)6-11(12)15-13(16)7-14/h4-6H,1,7-8H2,2-3H3. The van der Waals surface area contributed by atoms with E-state index in [1.54, 1.807) is 7.11 Å². The zero-order chi connectivity index (χ0) is 12.4. The summed E-state index contributed by atoms with van der Waals surface area (Å²) in [6.07, 6.45) is 0. The van der Waals surface area contributed by atoms with E-state index in [9.17, 15) is 0 Å². The molecule has 2 rings (SSSR count). The van der Waals surface area contributed by atoms with E-state index >= 15 is 0 Å². The van der Waals surface area contributed by atoms with E-state index < -0.39 is 0 Å². The largest absolute Gasteiger partial charge is 0.497 e. The van der Waals surface area contributed by atoms with Gasteiger partial charge >= 0.3 is 0 Å². The molecular formula is C13H15ClN2O. The van der Waals surface area contributed by atoms with Crippen molar-refractivity contribution < 1.29 is 4.74 Å². The first-order valence-electron chi connectivity index (χ1n) is 5.39. The van der Waals surface area contributed by atoms with Crippen LogP contribution in [0.1, 0.15) is 12.7 Å². The lowest BCUT2D eigenvalue weighted by molar-refractivity contribution is 0.415. The smallest absolute Gasteiger partial charge is 0.125 e. The Kier molecular flexibility index (Phi) is 3.38. The van der Waals surface area contributed by atoms with Crippen LogP contribution in [-0.4, -0.2) is 16.7 Å². The Morgan fingerprint density at radius 1 is 1.53 bits per heavy atom. The van der Waals surface area contributed by atoms with Crippen molar-refractivity contribution in [3.63, 3.8) is 0 Å². The van der Waals surface area contributed by atoms with E-state index in [2.05, 4.69) is 16.1 Å². The molecule has 0 aliphatic heterocycles. The van der Waals surface area contributed by atoms with Crippen molar-refractivity contribution in [2.45, 2.75) is 19.3 Å². The van der Waals surface area contributed by atoms with E-state index in [1.165, 1.54) is 0 Å². The number of hydrogen-bond acceptors (Lipinski definition) is 2. The predicted molar refractivity (Wildman–Crippen MR) is 70.7 cm³/mol. The number of methoxy groups -OCH3 is 1. The summed E-state index contributed by atoms with van der Waals surface area (Å²) in [6.45, 7) is 6.66. The zero-order valence-electron chi connectivity index (χ0n) is 10.0. The van der Waals surface area contributed by atoms with Gasteiger partial charge in [0.15, 0.2) is 0 Å². The van der Waals surface area contributed by atoms with Crippen LogP contribution in [0.2, 0.25) is 0 Å². The van der Waals surface area contributed by atoms with Gasteiger partial charge in [-0.3, -0.25) is 0 Å². The second-order valence-electron chi connectivity index (χ2n) is 4.06. The maximum atomic E-state index is 5.92. The highest BCUT2D eigenvalue weighted by atomic mass is 35.5. The minimum Gasteiger partial charge on any atom is -0.497 e. The van der Waals surface area contributed by atoms with Crippen LogP contribution < -0.4 is 4.74 Å². The Balaban J connectivity index is 2.59. The third-order valence-corrected chi connectivity index (χ3v) is 2.82. The Morgan fingerprint density at radius 2 is 2.29 bits per heavy atom. The third-order valence-electron chi connectivity index (χ3n) is 2.58. The molecule has 17 heavy (non-hydrogen) atoms. The molecule has 1 aromatic heterocycles. The van der Waals surface area contributed by atoms with Crippen molar-refractivity contribution in [3.8, 4) is 5.75 Å². The van der Waals surface area contributed by atoms with E-state index in [1.807, 2.05) is 25.1 Å². The van der Waals surface area contributed by atoms with Crippen molar-refractivity contribution in [2.75, 3.05) is 7.11 Å². The average Bonchev–Trinajstić information content (AvgIpc) is 2.65. The average molecular weight is 251 g/mol. The summed E-state index contributed by atoms with van der Waals surface area (Å²) in [6, 6.07) is 5.84. The number of ether oxygens (including phenoxy) is 1. The van der Waals surface area contributed by atoms with Gasteiger partial charge in [0, 0.05) is 12.6 Å². The Hall–Kier alpha value is -1.48. The summed E-state index contributed by atoms with van der Waals surface area (Å²) in [5.74, 6) is 2.06. The van der Waals surface area contributed by atoms with Crippen LogP contribution in [0.5, 0.6) is 5.75 Å². The summed E-state index contributed by atoms with van der Waals surface area (Å²) in [7, 11) is 1.65. The summed E-state index contributed by atoms with van der Waals surface area (Å²) in [4.78, 5) is 4.50. The molecule has 0 N–H and O–H groups in total. The van der Waals surface area contributed by atoms with Gasteiger partial charge in [-0.1, -0.05) is 12.2 Å². The highest BCUT2D eigenvalue weighted by Gasteiger charge is 2.10. The predicted octanol–water partition coefficient (Wildman–Crippen LogP) is 3.36. The second kappa shape index (κ2) is 4.80. The number of nitrogens with zero attached hydrogens (tertiary/aromatic N) is 2. The molecule has 0 radical (unpaired) electrons. The van der Waals surface area contributed by atoms with Gasteiger partial charge in [-0.05, 0) is 19.1 Å². The molecule has 0 bridgehead atoms. The monoisotopic (exact) mass is 250 g/mol. The molecule has 1 heterocycles. The minimum atomic E-state index is 0.393. The maximum absolute atomic E-state index is 5.92. The fourth-order valence-electron chi connectivity index (χ4n) is 1.83. The SMILES string of the molecule is C=C(C)Cn1c(CCl)nc2cc(OC)ccc21. The number of benzene rings is 1. The van der Waals surface area contributed by atoms with Crippen molar-refractivity contribution in [3.05, 3.63) is 36.2 Å². The first-order chi connectivity index (χ1) is 8.15. The summed E-state index contributed by atoms with van der Waals surface area (Å²) < 4.78 is 7.27. The van der Waals surface area contributed by atoms with Crippen molar-refractivity contribution in [1.82, 2.24) is 9.55 Å². The Morgan fingerprint density at radius 3 is 2.88 bits per heavy atom. The molecule has 0 aliphatic carbocycles. The van der Waals surface area contributed by atoms with E-state index in [0.29, 0.717) is 5.88 Å². The fourth-order valence-corrected chi connectivity index (χ4v) is 2.04. The summed E-state index contributed by atoms with van der Waals surface area (Å²) in [5.41, 5.74) is 3.04. The van der Waals surface area contributed by atoms with Gasteiger partial charge < -0.3 is 9.30 Å². The number of aromatic nitrogens is 2. The van der Waals surface area contributed by atoms with Crippen LogP contribution in [0.3, 0.4) is 0 Å². The summed E-state index contributed by atoms with van der Waals surface area (Å²) in [5, 5.41) is 0. The van der Waals surface area contributed by atoms with Gasteiger partial charge in [0.25, 0.3) is 0 Å². The molecule has 2 aromatic rings. The molecule has 0 saturated carbocycles. The number of halogens is 1. The third kappa shape index (κ3) is 2.29. The van der Waals surface area contributed by atoms with E-state index in [0.717, 1.165) is 34.7 Å². The van der Waals surface area contributed by atoms with Gasteiger partial charge in [0.1, 0.15) is 11.6 Å². The van der Waals surface area contributed by atoms with Crippen LogP contribution in [-0.2, 0) is 12.4 Å². The van der Waals surface area contributed by atoms with Crippen LogP contribution in [0, 0.1) is 0 Å². The number of alkyl halides is 1. The second-order valence-corrected chi connectivity index (χ2v) is 4.33. The zero-order valence-corrected chi connectivity index (χ0v) is 10.8. The number of imidazole rings is 1. The van der Waals surface area contributed by atoms with E-state index in [-0.39, 0.29) is 0 Å². The number of rotatable bonds is 4. The molecule has 4 heteroatoms. The lowest BCUT2D eigenvalue weighted by Gasteiger charge is -2.07. The van der Waals surface area contributed by atoms with Crippen molar-refractivity contribution >= 4 is 22.6 Å². The van der Waals surface area contributed by atoms with Gasteiger partial charge in [0.05, 0.1) is 24.0 Å². The van der Waals surface area contributed by atoms with Gasteiger partial charge in [-0.2, -0.15) is 0 Å². The maximum Gasteiger partial charge on any atom is 0.125 e. The highest BCUT2D eigenvalue weighted by Crippen LogP contribution is 2.23. The highest BCUT2D eigenvalue weighted by molar-refractivity contribution is 6.16. The lowest BCUT2D eigenvalue weighted by atomic mass is 10.3. The fraction of sp³-hybridized carbons (Fsp3) is 0.308. The number of hydrogen-bond donors (Lipinski definition) is 0. The van der Waals surface area contributed by atoms with Gasteiger partial charge in [0.2, 0.25) is 0 Å². The van der Waals surface area contributed by atoms with Gasteiger partial charge in [-0.25, -0.2) is 4.98 Å². The molecule has 0 atom stereocenters. The molecule has 1 aromatic carbocycles. The van der Waals surface area contributed by atoms with Crippen LogP contribution in [0.15, 0.2) is 30.4 Å². The van der Waals surface area contributed by atoms with Crippen molar-refractivity contribution in [1.29, 1.82) is 0 Å². The van der Waals surface area contributed by atoms with Crippen LogP contribution in [0.25, 0.3) is 11.0 Å². The molecule has 0 unspecified atom stereocenters. The molecular weight excluding hydrogens is 236 g/mol. The molecule has 90 valence electrons. The Labute approximate surface area is 106 Å². The normalized spacial score (nSPS) is 10.8. The summed E-state index contributed by atoms with van der Waals surface area (Å²) >= 11 is 5.92. The quantitative estimate of drug-likeness (QED) is 0.615. The van der Waals surface area contributed by atoms with Crippen LogP contribution in [0.4, 0.5) is 0 Å². The number of allylic oxidation sites excluding steroid dienone is 1. The topological polar surface area (TPSA) is 27.1 Å². The van der Waals surface area contributed by atoms with E-state index in [4.69, 9.17) is 16.3 Å². The van der Waals surface area contributed by atoms with Crippen LogP contribution >= 0.6 is 11.6 Å². The lowest BCUT2D eigenvalue weighted by Crippen LogP contribution is -2.02.